The van der Waals surface area contributed by atoms with Crippen LogP contribution in [0.2, 0.25) is 0 Å². The zero-order valence-corrected chi connectivity index (χ0v) is 9.86. The summed E-state index contributed by atoms with van der Waals surface area (Å²) in [5, 5.41) is 0. The summed E-state index contributed by atoms with van der Waals surface area (Å²) in [6.07, 6.45) is 0. The van der Waals surface area contributed by atoms with E-state index in [1.165, 1.54) is 10.9 Å². The lowest BCUT2D eigenvalue weighted by atomic mass is 10.5. The Balaban J connectivity index is 2.96. The number of pyridine rings is 1. The monoisotopic (exact) mass is 199 g/mol. The lowest BCUT2D eigenvalue weighted by Gasteiger charge is -2.09. The zero-order chi connectivity index (χ0) is 9.14. The van der Waals surface area contributed by atoms with E-state index >= 15 is 0 Å². The molecule has 0 spiro atoms. The van der Waals surface area contributed by atoms with Gasteiger partial charge in [0.15, 0.2) is 0 Å². The summed E-state index contributed by atoms with van der Waals surface area (Å²) < 4.78 is 0. The molecule has 0 saturated carbocycles. The average Bonchev–Trinajstić information content (AvgIpc) is 2.04. The molecule has 0 aliphatic carbocycles. The van der Waals surface area contributed by atoms with E-state index in [0.717, 1.165) is 0 Å². The van der Waals surface area contributed by atoms with E-state index in [1.807, 2.05) is 0 Å². The molecule has 12 heavy (non-hydrogen) atoms. The van der Waals surface area contributed by atoms with Crippen molar-refractivity contribution in [3.8, 4) is 0 Å². The fourth-order valence-corrected chi connectivity index (χ4v) is 2.37. The first-order valence-corrected chi connectivity index (χ1v) is 8.40. The Bertz CT molecular complexity index is 235. The van der Waals surface area contributed by atoms with Crippen LogP contribution in [0.15, 0.2) is 18.2 Å². The van der Waals surface area contributed by atoms with Crippen LogP contribution < -0.4 is 10.9 Å². The van der Waals surface area contributed by atoms with Crippen molar-refractivity contribution in [2.24, 2.45) is 0 Å². The molecule has 0 atom stereocenters. The first-order chi connectivity index (χ1) is 5.61. The Morgan fingerprint density at radius 1 is 0.917 bits per heavy atom. The highest BCUT2D eigenvalue weighted by Crippen LogP contribution is 2.24. The van der Waals surface area contributed by atoms with Gasteiger partial charge in [-0.15, -0.1) is 0 Å². The fourth-order valence-electron chi connectivity index (χ4n) is 0.910. The second-order valence-electron chi connectivity index (χ2n) is 3.14. The topological polar surface area (TPSA) is 12.9 Å². The van der Waals surface area contributed by atoms with Crippen LogP contribution in [0, 0.1) is 0 Å². The predicted molar refractivity (Wildman–Crippen MR) is 61.0 cm³/mol. The van der Waals surface area contributed by atoms with Gasteiger partial charge in [-0.25, -0.2) is 4.98 Å². The van der Waals surface area contributed by atoms with Crippen molar-refractivity contribution < 1.29 is 0 Å². The van der Waals surface area contributed by atoms with Gasteiger partial charge in [0.05, 0.1) is 10.9 Å². The third-order valence-corrected chi connectivity index (χ3v) is 3.97. The minimum absolute atomic E-state index is 0.0373. The molecular weight excluding hydrogens is 184 g/mol. The molecule has 1 nitrogen and oxygen atoms in total. The molecule has 0 aliphatic heterocycles. The highest BCUT2D eigenvalue weighted by molar-refractivity contribution is 7.65. The van der Waals surface area contributed by atoms with Gasteiger partial charge in [-0.3, -0.25) is 0 Å². The zero-order valence-electron chi connectivity index (χ0n) is 8.07. The van der Waals surface area contributed by atoms with Crippen molar-refractivity contribution in [2.45, 2.75) is 0 Å². The fraction of sp³-hybridized carbons (Fsp3) is 0.444. The Morgan fingerprint density at radius 2 is 1.33 bits per heavy atom. The van der Waals surface area contributed by atoms with Crippen LogP contribution in [0.3, 0.4) is 0 Å². The van der Waals surface area contributed by atoms with Crippen LogP contribution in [0.1, 0.15) is 0 Å². The molecule has 66 valence electrons. The molecule has 0 unspecified atom stereocenters. The molecule has 0 saturated heterocycles. The third-order valence-electron chi connectivity index (χ3n) is 1.64. The summed E-state index contributed by atoms with van der Waals surface area (Å²) in [6.45, 7) is 8.98. The van der Waals surface area contributed by atoms with Gasteiger partial charge in [0.1, 0.15) is 0 Å². The van der Waals surface area contributed by atoms with E-state index in [1.54, 1.807) is 0 Å². The van der Waals surface area contributed by atoms with Gasteiger partial charge >= 0.3 is 0 Å². The van der Waals surface area contributed by atoms with Crippen LogP contribution in [0.4, 0.5) is 0 Å². The highest BCUT2D eigenvalue weighted by atomic mass is 31.1. The van der Waals surface area contributed by atoms with Crippen molar-refractivity contribution >= 4 is 26.7 Å². The number of hydrogen-bond donors (Lipinski definition) is 0. The van der Waals surface area contributed by atoms with E-state index in [9.17, 15) is 0 Å². The molecular formula is C9H15NP2. The second kappa shape index (κ2) is 4.30. The van der Waals surface area contributed by atoms with Crippen LogP contribution >= 0.6 is 15.8 Å². The summed E-state index contributed by atoms with van der Waals surface area (Å²) in [7, 11) is -0.0746. The van der Waals surface area contributed by atoms with Crippen LogP contribution in [-0.2, 0) is 0 Å². The smallest absolute Gasteiger partial charge is 0.0633 e. The van der Waals surface area contributed by atoms with Crippen LogP contribution in [0.5, 0.6) is 0 Å². The normalized spacial score (nSPS) is 11.2. The van der Waals surface area contributed by atoms with Gasteiger partial charge in [-0.05, 0) is 38.8 Å². The van der Waals surface area contributed by atoms with Crippen LogP contribution in [-0.4, -0.2) is 31.6 Å². The molecule has 0 N–H and O–H groups in total. The molecule has 1 aromatic heterocycles. The Labute approximate surface area is 77.1 Å². The number of rotatable bonds is 2. The van der Waals surface area contributed by atoms with Gasteiger partial charge < -0.3 is 0 Å². The maximum Gasteiger partial charge on any atom is 0.0633 e. The summed E-state index contributed by atoms with van der Waals surface area (Å²) in [4.78, 5) is 4.63. The van der Waals surface area contributed by atoms with Gasteiger partial charge in [0, 0.05) is 0 Å². The second-order valence-corrected chi connectivity index (χ2v) is 7.64. The van der Waals surface area contributed by atoms with Crippen molar-refractivity contribution in [3.63, 3.8) is 0 Å². The molecule has 0 radical (unpaired) electrons. The summed E-state index contributed by atoms with van der Waals surface area (Å²) >= 11 is 0. The number of nitrogens with zero attached hydrogens (tertiary/aromatic N) is 1. The summed E-state index contributed by atoms with van der Waals surface area (Å²) in [5.41, 5.74) is 2.55. The van der Waals surface area contributed by atoms with Crippen molar-refractivity contribution in [3.05, 3.63) is 18.2 Å². The van der Waals surface area contributed by atoms with E-state index in [2.05, 4.69) is 49.8 Å². The minimum Gasteiger partial charge on any atom is -0.248 e. The molecule has 0 aliphatic rings. The van der Waals surface area contributed by atoms with E-state index < -0.39 is 0 Å². The molecule has 0 amide bonds. The molecule has 1 heterocycles. The quantitative estimate of drug-likeness (QED) is 0.662. The van der Waals surface area contributed by atoms with Crippen molar-refractivity contribution in [1.29, 1.82) is 0 Å². The third kappa shape index (κ3) is 2.51. The highest BCUT2D eigenvalue weighted by Gasteiger charge is 2.03. The number of aromatic nitrogens is 1. The Kier molecular flexibility index (Phi) is 3.62. The van der Waals surface area contributed by atoms with Gasteiger partial charge in [-0.2, -0.15) is 0 Å². The number of hydrogen-bond acceptors (Lipinski definition) is 1. The molecule has 0 fully saturated rings. The maximum absolute atomic E-state index is 4.63. The lowest BCUT2D eigenvalue weighted by molar-refractivity contribution is 1.45. The molecule has 0 aromatic carbocycles. The van der Waals surface area contributed by atoms with Crippen LogP contribution in [0.25, 0.3) is 0 Å². The van der Waals surface area contributed by atoms with E-state index in [-0.39, 0.29) is 15.8 Å². The predicted octanol–water partition coefficient (Wildman–Crippen LogP) is 1.82. The van der Waals surface area contributed by atoms with Gasteiger partial charge in [-0.1, -0.05) is 21.9 Å². The van der Waals surface area contributed by atoms with Crippen molar-refractivity contribution in [1.82, 2.24) is 4.98 Å². The van der Waals surface area contributed by atoms with Gasteiger partial charge in [0.25, 0.3) is 0 Å². The summed E-state index contributed by atoms with van der Waals surface area (Å²) in [6, 6.07) is 6.39. The van der Waals surface area contributed by atoms with E-state index in [0.29, 0.717) is 0 Å². The maximum atomic E-state index is 4.63. The molecule has 0 bridgehead atoms. The van der Waals surface area contributed by atoms with Crippen molar-refractivity contribution in [2.75, 3.05) is 26.7 Å². The average molecular weight is 199 g/mol. The Hall–Kier alpha value is 0.01000. The van der Waals surface area contributed by atoms with E-state index in [4.69, 9.17) is 0 Å². The SMILES string of the molecule is CP(C)c1cccc(P(C)C)n1. The first kappa shape index (κ1) is 10.1. The molecule has 3 heteroatoms. The summed E-state index contributed by atoms with van der Waals surface area (Å²) in [5.74, 6) is 0. The van der Waals surface area contributed by atoms with Gasteiger partial charge in [0.2, 0.25) is 0 Å². The molecule has 1 aromatic rings. The standard InChI is InChI=1S/C9H15NP2/c1-11(2)8-6-5-7-9(10-8)12(3)4/h5-7H,1-4H3. The minimum atomic E-state index is -0.0373. The lowest BCUT2D eigenvalue weighted by Crippen LogP contribution is -2.16. The first-order valence-electron chi connectivity index (χ1n) is 3.93. The largest absolute Gasteiger partial charge is 0.248 e. The molecule has 1 rings (SSSR count). The Morgan fingerprint density at radius 3 is 1.67 bits per heavy atom.